The van der Waals surface area contributed by atoms with E-state index in [2.05, 4.69) is 0 Å². The van der Waals surface area contributed by atoms with Gasteiger partial charge in [0.05, 0.1) is 0 Å². The molecule has 1 aromatic rings. The Bertz CT molecular complexity index is 383. The molecular formula is C8H6F4O2S2. The number of hydrogen-bond donors (Lipinski definition) is 1. The third kappa shape index (κ3) is 2.74. The topological polar surface area (TPSA) is 37.3 Å². The van der Waals surface area contributed by atoms with Crippen molar-refractivity contribution in [2.24, 2.45) is 0 Å². The molecule has 0 aromatic heterocycles. The van der Waals surface area contributed by atoms with Crippen molar-refractivity contribution in [2.45, 2.75) is 15.4 Å². The minimum Gasteiger partial charge on any atom is -0.301 e. The highest BCUT2D eigenvalue weighted by atomic mass is 32.2. The van der Waals surface area contributed by atoms with Crippen LogP contribution in [0.2, 0.25) is 0 Å². The molecule has 0 spiro atoms. The van der Waals surface area contributed by atoms with Crippen LogP contribution < -0.4 is 0 Å². The fraction of sp³-hybridized carbons (Fsp3) is 0.250. The van der Waals surface area contributed by atoms with Gasteiger partial charge in [0.15, 0.2) is 0 Å². The first-order chi connectivity index (χ1) is 7.27. The first-order valence-electron chi connectivity index (χ1n) is 3.88. The molecule has 0 fully saturated rings. The summed E-state index contributed by atoms with van der Waals surface area (Å²) in [5, 5.41) is -9.64. The lowest BCUT2D eigenvalue weighted by atomic mass is 10.4. The van der Waals surface area contributed by atoms with E-state index in [1.54, 1.807) is 0 Å². The summed E-state index contributed by atoms with van der Waals surface area (Å²) in [6, 6.07) is 6.73. The van der Waals surface area contributed by atoms with Crippen LogP contribution in [0.4, 0.5) is 17.6 Å². The van der Waals surface area contributed by atoms with E-state index in [1.165, 1.54) is 30.3 Å². The van der Waals surface area contributed by atoms with Gasteiger partial charge in [-0.05, 0) is 23.9 Å². The van der Waals surface area contributed by atoms with Crippen LogP contribution in [0.1, 0.15) is 0 Å². The van der Waals surface area contributed by atoms with Crippen LogP contribution in [0.15, 0.2) is 35.2 Å². The number of halogens is 4. The fourth-order valence-corrected chi connectivity index (χ4v) is 2.05. The second kappa shape index (κ2) is 4.72. The predicted molar refractivity (Wildman–Crippen MR) is 53.0 cm³/mol. The Morgan fingerprint density at radius 2 is 1.62 bits per heavy atom. The molecule has 0 saturated heterocycles. The molecule has 1 rings (SSSR count). The minimum absolute atomic E-state index is 0.113. The van der Waals surface area contributed by atoms with Crippen LogP contribution in [0.3, 0.4) is 0 Å². The first kappa shape index (κ1) is 13.5. The Morgan fingerprint density at radius 3 is 2.06 bits per heavy atom. The van der Waals surface area contributed by atoms with Crippen molar-refractivity contribution in [3.8, 4) is 0 Å². The summed E-state index contributed by atoms with van der Waals surface area (Å²) < 4.78 is 69.6. The molecule has 0 aliphatic heterocycles. The Labute approximate surface area is 95.3 Å². The van der Waals surface area contributed by atoms with Crippen LogP contribution in [-0.2, 0) is 11.1 Å². The largest absolute Gasteiger partial charge is 0.416 e. The maximum Gasteiger partial charge on any atom is 0.416 e. The molecule has 0 aliphatic carbocycles. The summed E-state index contributed by atoms with van der Waals surface area (Å²) in [5.74, 6) is 0. The monoisotopic (exact) mass is 274 g/mol. The van der Waals surface area contributed by atoms with Crippen molar-refractivity contribution in [1.29, 1.82) is 0 Å². The highest BCUT2D eigenvalue weighted by molar-refractivity contribution is 8.01. The van der Waals surface area contributed by atoms with Crippen molar-refractivity contribution in [3.63, 3.8) is 0 Å². The SMILES string of the molecule is O=S(O)C(F)(F)C(F)(F)Sc1ccccc1. The van der Waals surface area contributed by atoms with Gasteiger partial charge in [-0.2, -0.15) is 17.6 Å². The Kier molecular flexibility index (Phi) is 3.97. The lowest BCUT2D eigenvalue weighted by Crippen LogP contribution is -2.41. The average Bonchev–Trinajstić information content (AvgIpc) is 2.18. The van der Waals surface area contributed by atoms with E-state index < -0.39 is 33.4 Å². The Balaban J connectivity index is 2.92. The number of alkyl halides is 4. The fourth-order valence-electron chi connectivity index (χ4n) is 0.798. The summed E-state index contributed by atoms with van der Waals surface area (Å²) in [5.41, 5.74) is 0. The molecule has 8 heteroatoms. The van der Waals surface area contributed by atoms with Crippen molar-refractivity contribution in [3.05, 3.63) is 30.3 Å². The molecule has 1 unspecified atom stereocenters. The number of hydrogen-bond acceptors (Lipinski definition) is 2. The lowest BCUT2D eigenvalue weighted by molar-refractivity contribution is -0.0907. The van der Waals surface area contributed by atoms with Crippen LogP contribution in [0.25, 0.3) is 0 Å². The maximum absolute atomic E-state index is 13.0. The lowest BCUT2D eigenvalue weighted by Gasteiger charge is -2.22. The summed E-state index contributed by atoms with van der Waals surface area (Å²) in [6.45, 7) is 0. The van der Waals surface area contributed by atoms with E-state index in [9.17, 15) is 21.8 Å². The molecule has 2 nitrogen and oxygen atoms in total. The van der Waals surface area contributed by atoms with Gasteiger partial charge in [0.1, 0.15) is 0 Å². The van der Waals surface area contributed by atoms with E-state index >= 15 is 0 Å². The molecule has 0 heterocycles. The smallest absolute Gasteiger partial charge is 0.301 e. The molecule has 1 atom stereocenters. The van der Waals surface area contributed by atoms with Crippen molar-refractivity contribution in [2.75, 3.05) is 0 Å². The molecule has 1 aromatic carbocycles. The molecule has 1 N–H and O–H groups in total. The van der Waals surface area contributed by atoms with Gasteiger partial charge < -0.3 is 4.55 Å². The van der Waals surface area contributed by atoms with Gasteiger partial charge in [0, 0.05) is 4.90 Å². The van der Waals surface area contributed by atoms with Crippen molar-refractivity contribution >= 4 is 22.8 Å². The zero-order valence-corrected chi connectivity index (χ0v) is 9.20. The van der Waals surface area contributed by atoms with Crippen LogP contribution in [0.5, 0.6) is 0 Å². The number of rotatable bonds is 4. The highest BCUT2D eigenvalue weighted by Crippen LogP contribution is 2.47. The maximum atomic E-state index is 13.0. The summed E-state index contributed by atoms with van der Waals surface area (Å²) in [7, 11) is 0. The van der Waals surface area contributed by atoms with Gasteiger partial charge in [-0.3, -0.25) is 0 Å². The molecule has 0 bridgehead atoms. The molecule has 90 valence electrons. The van der Waals surface area contributed by atoms with Gasteiger partial charge in [-0.25, -0.2) is 4.21 Å². The highest BCUT2D eigenvalue weighted by Gasteiger charge is 2.62. The van der Waals surface area contributed by atoms with E-state index in [-0.39, 0.29) is 4.90 Å². The van der Waals surface area contributed by atoms with E-state index in [0.29, 0.717) is 0 Å². The zero-order chi connectivity index (χ0) is 12.4. The quantitative estimate of drug-likeness (QED) is 0.520. The molecule has 0 amide bonds. The van der Waals surface area contributed by atoms with Gasteiger partial charge in [0.2, 0.25) is 11.1 Å². The number of thioether (sulfide) groups is 1. The van der Waals surface area contributed by atoms with E-state index in [4.69, 9.17) is 4.55 Å². The zero-order valence-electron chi connectivity index (χ0n) is 7.57. The van der Waals surface area contributed by atoms with Crippen molar-refractivity contribution < 1.29 is 26.3 Å². The summed E-state index contributed by atoms with van der Waals surface area (Å²) in [6.07, 6.45) is 0. The molecular weight excluding hydrogens is 268 g/mol. The molecule has 16 heavy (non-hydrogen) atoms. The molecule has 0 radical (unpaired) electrons. The first-order valence-corrected chi connectivity index (χ1v) is 5.80. The van der Waals surface area contributed by atoms with E-state index in [0.717, 1.165) is 0 Å². The van der Waals surface area contributed by atoms with Gasteiger partial charge >= 0.3 is 10.5 Å². The normalized spacial score (nSPS) is 14.8. The second-order valence-corrected chi connectivity index (χ2v) is 4.90. The van der Waals surface area contributed by atoms with Crippen LogP contribution in [-0.4, -0.2) is 19.3 Å². The Morgan fingerprint density at radius 1 is 1.12 bits per heavy atom. The van der Waals surface area contributed by atoms with Gasteiger partial charge in [-0.15, -0.1) is 0 Å². The standard InChI is InChI=1S/C8H6F4O2S2/c9-7(10,8(11,12)16(13)14)15-6-4-2-1-3-5-6/h1-5H,(H,13,14). The predicted octanol–water partition coefficient (Wildman–Crippen LogP) is 3.19. The Hall–Kier alpha value is -0.600. The minimum atomic E-state index is -4.99. The van der Waals surface area contributed by atoms with Gasteiger partial charge in [0.25, 0.3) is 0 Å². The van der Waals surface area contributed by atoms with Gasteiger partial charge in [-0.1, -0.05) is 18.2 Å². The summed E-state index contributed by atoms with van der Waals surface area (Å²) >= 11 is -4.38. The second-order valence-electron chi connectivity index (χ2n) is 2.70. The third-order valence-corrected chi connectivity index (χ3v) is 3.39. The molecule has 0 saturated carbocycles. The average molecular weight is 274 g/mol. The summed E-state index contributed by atoms with van der Waals surface area (Å²) in [4.78, 5) is -0.113. The van der Waals surface area contributed by atoms with Crippen LogP contribution in [0, 0.1) is 0 Å². The van der Waals surface area contributed by atoms with Crippen LogP contribution >= 0.6 is 11.8 Å². The van der Waals surface area contributed by atoms with E-state index in [1.807, 2.05) is 0 Å². The molecule has 0 aliphatic rings. The van der Waals surface area contributed by atoms with Crippen molar-refractivity contribution in [1.82, 2.24) is 0 Å². The third-order valence-electron chi connectivity index (χ3n) is 1.55. The number of benzene rings is 1.